The lowest BCUT2D eigenvalue weighted by molar-refractivity contribution is 0.0950. The van der Waals surface area contributed by atoms with Gasteiger partial charge in [-0.05, 0) is 52.9 Å². The Balaban J connectivity index is 1.46. The first-order chi connectivity index (χ1) is 16.1. The Morgan fingerprint density at radius 2 is 1.76 bits per heavy atom. The van der Waals surface area contributed by atoms with Gasteiger partial charge in [-0.3, -0.25) is 14.7 Å². The van der Waals surface area contributed by atoms with E-state index >= 15 is 0 Å². The largest absolute Gasteiger partial charge is 0.399 e. The van der Waals surface area contributed by atoms with Crippen LogP contribution in [-0.2, 0) is 29.5 Å². The first-order valence-corrected chi connectivity index (χ1v) is 13.2. The molecule has 0 radical (unpaired) electrons. The summed E-state index contributed by atoms with van der Waals surface area (Å²) in [6.45, 7) is 6.19. The number of amides is 1. The first-order valence-electron chi connectivity index (χ1n) is 11.3. The van der Waals surface area contributed by atoms with E-state index in [1.54, 1.807) is 30.5 Å². The van der Waals surface area contributed by atoms with Crippen LogP contribution < -0.4 is 11.1 Å². The number of hydrogen-bond donors (Lipinski definition) is 2. The quantitative estimate of drug-likeness (QED) is 0.502. The number of benzene rings is 2. The number of aromatic nitrogens is 1. The number of rotatable bonds is 7. The lowest BCUT2D eigenvalue weighted by Crippen LogP contribution is -2.25. The summed E-state index contributed by atoms with van der Waals surface area (Å²) in [5, 5.41) is 2.90. The van der Waals surface area contributed by atoms with Crippen LogP contribution in [0.5, 0.6) is 0 Å². The lowest BCUT2D eigenvalue weighted by atomic mass is 9.99. The van der Waals surface area contributed by atoms with Gasteiger partial charge in [0.05, 0.1) is 22.2 Å². The van der Waals surface area contributed by atoms with Gasteiger partial charge in [0.1, 0.15) is 0 Å². The zero-order valence-corrected chi connectivity index (χ0v) is 20.5. The van der Waals surface area contributed by atoms with E-state index < -0.39 is 9.84 Å². The Morgan fingerprint density at radius 3 is 2.38 bits per heavy atom. The van der Waals surface area contributed by atoms with Crippen LogP contribution in [0.4, 0.5) is 5.69 Å². The van der Waals surface area contributed by atoms with Crippen LogP contribution in [0.25, 0.3) is 0 Å². The highest BCUT2D eigenvalue weighted by molar-refractivity contribution is 7.90. The fraction of sp³-hybridized carbons (Fsp3) is 0.308. The van der Waals surface area contributed by atoms with Gasteiger partial charge in [0, 0.05) is 37.8 Å². The third-order valence-electron chi connectivity index (χ3n) is 6.11. The molecular formula is C26H30N4O3S. The van der Waals surface area contributed by atoms with Crippen molar-refractivity contribution in [1.82, 2.24) is 15.2 Å². The zero-order chi connectivity index (χ0) is 24.5. The second kappa shape index (κ2) is 9.56. The van der Waals surface area contributed by atoms with Crippen molar-refractivity contribution in [2.24, 2.45) is 5.92 Å². The molecule has 0 spiro atoms. The fourth-order valence-corrected chi connectivity index (χ4v) is 5.05. The molecule has 1 atom stereocenters. The van der Waals surface area contributed by atoms with Gasteiger partial charge in [-0.15, -0.1) is 0 Å². The van der Waals surface area contributed by atoms with E-state index in [1.165, 1.54) is 11.8 Å². The first kappa shape index (κ1) is 23.9. The van der Waals surface area contributed by atoms with Crippen LogP contribution in [0.1, 0.15) is 52.6 Å². The number of carbonyl (C=O) groups is 1. The topological polar surface area (TPSA) is 105 Å². The van der Waals surface area contributed by atoms with Crippen LogP contribution in [0.15, 0.2) is 65.7 Å². The number of hydrogen-bond acceptors (Lipinski definition) is 6. The third kappa shape index (κ3) is 5.29. The van der Waals surface area contributed by atoms with Gasteiger partial charge < -0.3 is 11.1 Å². The van der Waals surface area contributed by atoms with E-state index in [4.69, 9.17) is 10.7 Å². The number of sulfone groups is 1. The molecule has 0 aliphatic carbocycles. The minimum absolute atomic E-state index is 0.179. The van der Waals surface area contributed by atoms with E-state index in [1.807, 2.05) is 30.3 Å². The van der Waals surface area contributed by atoms with Gasteiger partial charge in [-0.2, -0.15) is 0 Å². The smallest absolute Gasteiger partial charge is 0.253 e. The molecule has 3 aromatic rings. The molecule has 0 bridgehead atoms. The van der Waals surface area contributed by atoms with Crippen molar-refractivity contribution in [2.45, 2.75) is 44.4 Å². The number of nitrogens with zero attached hydrogens (tertiary/aromatic N) is 2. The molecule has 3 N–H and O–H groups in total. The van der Waals surface area contributed by atoms with Gasteiger partial charge >= 0.3 is 0 Å². The predicted octanol–water partition coefficient (Wildman–Crippen LogP) is 3.71. The molecule has 7 nitrogen and oxygen atoms in total. The number of nitrogen functional groups attached to an aromatic ring is 1. The Labute approximate surface area is 200 Å². The molecule has 0 fully saturated rings. The summed E-state index contributed by atoms with van der Waals surface area (Å²) < 4.78 is 23.2. The van der Waals surface area contributed by atoms with Crippen LogP contribution in [0.3, 0.4) is 0 Å². The molecule has 0 saturated heterocycles. The molecular weight excluding hydrogens is 448 g/mol. The SMILES string of the molecule is CC(C)C1c2ncc(C(=O)NCc3ccc(S(C)(=O)=O)cc3)cc2CN1Cc1ccc(N)cc1. The summed E-state index contributed by atoms with van der Waals surface area (Å²) in [5.74, 6) is 0.165. The number of carbonyl (C=O) groups excluding carboxylic acids is 1. The molecule has 178 valence electrons. The Morgan fingerprint density at radius 1 is 1.12 bits per heavy atom. The van der Waals surface area contributed by atoms with Crippen molar-refractivity contribution >= 4 is 21.4 Å². The molecule has 2 heterocycles. The number of nitrogens with one attached hydrogen (secondary N) is 1. The Kier molecular flexibility index (Phi) is 6.72. The molecule has 1 aliphatic heterocycles. The number of anilines is 1. The third-order valence-corrected chi connectivity index (χ3v) is 7.24. The van der Waals surface area contributed by atoms with Crippen molar-refractivity contribution in [2.75, 3.05) is 12.0 Å². The fourth-order valence-electron chi connectivity index (χ4n) is 4.42. The maximum Gasteiger partial charge on any atom is 0.253 e. The summed E-state index contributed by atoms with van der Waals surface area (Å²) >= 11 is 0. The van der Waals surface area contributed by atoms with Gasteiger partial charge in [0.2, 0.25) is 0 Å². The number of fused-ring (bicyclic) bond motifs is 1. The summed E-state index contributed by atoms with van der Waals surface area (Å²) in [4.78, 5) is 20.1. The average Bonchev–Trinajstić information content (AvgIpc) is 3.16. The van der Waals surface area contributed by atoms with E-state index in [2.05, 4.69) is 24.1 Å². The lowest BCUT2D eigenvalue weighted by Gasteiger charge is -2.27. The minimum atomic E-state index is -3.24. The summed E-state index contributed by atoms with van der Waals surface area (Å²) in [6.07, 6.45) is 2.81. The molecule has 1 aromatic heterocycles. The monoisotopic (exact) mass is 478 g/mol. The zero-order valence-electron chi connectivity index (χ0n) is 19.7. The maximum atomic E-state index is 12.8. The number of pyridine rings is 1. The van der Waals surface area contributed by atoms with Crippen LogP contribution in [-0.4, -0.2) is 30.5 Å². The van der Waals surface area contributed by atoms with Crippen molar-refractivity contribution in [3.63, 3.8) is 0 Å². The van der Waals surface area contributed by atoms with Gasteiger partial charge in [-0.1, -0.05) is 38.1 Å². The van der Waals surface area contributed by atoms with Crippen molar-refractivity contribution in [1.29, 1.82) is 0 Å². The second-order valence-electron chi connectivity index (χ2n) is 9.20. The predicted molar refractivity (Wildman–Crippen MR) is 133 cm³/mol. The van der Waals surface area contributed by atoms with E-state index in [0.29, 0.717) is 18.0 Å². The molecule has 2 aromatic carbocycles. The molecule has 0 saturated carbocycles. The maximum absolute atomic E-state index is 12.8. The normalized spacial score (nSPS) is 15.9. The van der Waals surface area contributed by atoms with E-state index in [0.717, 1.165) is 35.6 Å². The van der Waals surface area contributed by atoms with E-state index in [9.17, 15) is 13.2 Å². The van der Waals surface area contributed by atoms with Crippen molar-refractivity contribution in [3.8, 4) is 0 Å². The Hall–Kier alpha value is -3.23. The molecule has 8 heteroatoms. The van der Waals surface area contributed by atoms with Gasteiger partial charge in [0.25, 0.3) is 5.91 Å². The summed E-state index contributed by atoms with van der Waals surface area (Å²) in [5.41, 5.74) is 11.2. The van der Waals surface area contributed by atoms with Gasteiger partial charge in [-0.25, -0.2) is 8.42 Å². The van der Waals surface area contributed by atoms with Crippen molar-refractivity contribution < 1.29 is 13.2 Å². The molecule has 1 amide bonds. The molecule has 4 rings (SSSR count). The molecule has 1 aliphatic rings. The highest BCUT2D eigenvalue weighted by Gasteiger charge is 2.34. The summed E-state index contributed by atoms with van der Waals surface area (Å²) in [6, 6.07) is 16.6. The minimum Gasteiger partial charge on any atom is -0.399 e. The average molecular weight is 479 g/mol. The highest BCUT2D eigenvalue weighted by atomic mass is 32.2. The van der Waals surface area contributed by atoms with Crippen LogP contribution >= 0.6 is 0 Å². The van der Waals surface area contributed by atoms with Crippen LogP contribution in [0.2, 0.25) is 0 Å². The standard InChI is InChI=1S/C26H30N4O3S/c1-17(2)25-24-21(16-30(25)15-19-4-8-22(27)9-5-19)12-20(14-28-24)26(31)29-13-18-6-10-23(11-7-18)34(3,32)33/h4-12,14,17,25H,13,15-16,27H2,1-3H3,(H,29,31). The summed E-state index contributed by atoms with van der Waals surface area (Å²) in [7, 11) is -3.24. The number of nitrogens with two attached hydrogens (primary N) is 1. The Bertz CT molecular complexity index is 1290. The molecule has 34 heavy (non-hydrogen) atoms. The molecule has 1 unspecified atom stereocenters. The highest BCUT2D eigenvalue weighted by Crippen LogP contribution is 2.38. The van der Waals surface area contributed by atoms with Crippen LogP contribution in [0, 0.1) is 5.92 Å². The van der Waals surface area contributed by atoms with E-state index in [-0.39, 0.29) is 16.8 Å². The van der Waals surface area contributed by atoms with Gasteiger partial charge in [0.15, 0.2) is 9.84 Å². The second-order valence-corrected chi connectivity index (χ2v) is 11.2. The van der Waals surface area contributed by atoms with Crippen molar-refractivity contribution in [3.05, 3.63) is 88.7 Å².